The molecule has 1 aromatic heterocycles. The molecule has 0 unspecified atom stereocenters. The van der Waals surface area contributed by atoms with E-state index < -0.39 is 0 Å². The zero-order chi connectivity index (χ0) is 15.8. The van der Waals surface area contributed by atoms with E-state index in [0.717, 1.165) is 23.4 Å². The zero-order valence-electron chi connectivity index (χ0n) is 12.5. The SMILES string of the molecule is COc1ccc2c(c1)Cc1sc(N=Cc3ccccc3O)nc1-2. The molecule has 23 heavy (non-hydrogen) atoms. The van der Waals surface area contributed by atoms with Gasteiger partial charge in [-0.1, -0.05) is 23.5 Å². The number of thiazole rings is 1. The van der Waals surface area contributed by atoms with Crippen LogP contribution in [0.15, 0.2) is 47.5 Å². The first-order valence-corrected chi connectivity index (χ1v) is 8.05. The van der Waals surface area contributed by atoms with Crippen LogP contribution in [-0.4, -0.2) is 23.4 Å². The minimum atomic E-state index is 0.220. The second-order valence-corrected chi connectivity index (χ2v) is 6.35. The number of ether oxygens (including phenoxy) is 1. The molecule has 0 spiro atoms. The third-order valence-corrected chi connectivity index (χ3v) is 4.82. The maximum Gasteiger partial charge on any atom is 0.209 e. The largest absolute Gasteiger partial charge is 0.507 e. The summed E-state index contributed by atoms with van der Waals surface area (Å²) in [5.74, 6) is 1.09. The van der Waals surface area contributed by atoms with Gasteiger partial charge in [0, 0.05) is 28.6 Å². The highest BCUT2D eigenvalue weighted by Crippen LogP contribution is 2.42. The fourth-order valence-corrected chi connectivity index (χ4v) is 3.64. The molecule has 0 bridgehead atoms. The fraction of sp³-hybridized carbons (Fsp3) is 0.111. The highest BCUT2D eigenvalue weighted by Gasteiger charge is 2.23. The Morgan fingerprint density at radius 2 is 2.13 bits per heavy atom. The Bertz CT molecular complexity index is 915. The fourth-order valence-electron chi connectivity index (χ4n) is 2.69. The number of para-hydroxylation sites is 1. The van der Waals surface area contributed by atoms with E-state index in [2.05, 4.69) is 22.1 Å². The van der Waals surface area contributed by atoms with Crippen LogP contribution in [0, 0.1) is 0 Å². The van der Waals surface area contributed by atoms with Crippen molar-refractivity contribution >= 4 is 22.7 Å². The number of methoxy groups -OCH3 is 1. The van der Waals surface area contributed by atoms with Gasteiger partial charge in [-0.05, 0) is 35.9 Å². The highest BCUT2D eigenvalue weighted by atomic mass is 32.1. The molecule has 4 nitrogen and oxygen atoms in total. The van der Waals surface area contributed by atoms with E-state index in [9.17, 15) is 5.11 Å². The molecule has 1 aliphatic carbocycles. The van der Waals surface area contributed by atoms with Crippen molar-refractivity contribution in [3.05, 3.63) is 58.5 Å². The third-order valence-electron chi connectivity index (χ3n) is 3.86. The van der Waals surface area contributed by atoms with Crippen molar-refractivity contribution in [2.45, 2.75) is 6.42 Å². The lowest BCUT2D eigenvalue weighted by molar-refractivity contribution is 0.414. The van der Waals surface area contributed by atoms with E-state index in [1.807, 2.05) is 18.2 Å². The molecular formula is C18H14N2O2S. The Morgan fingerprint density at radius 3 is 2.96 bits per heavy atom. The smallest absolute Gasteiger partial charge is 0.209 e. The van der Waals surface area contributed by atoms with Crippen molar-refractivity contribution < 1.29 is 9.84 Å². The lowest BCUT2D eigenvalue weighted by Gasteiger charge is -2.03. The van der Waals surface area contributed by atoms with Crippen molar-refractivity contribution in [3.8, 4) is 22.8 Å². The zero-order valence-corrected chi connectivity index (χ0v) is 13.3. The van der Waals surface area contributed by atoms with Gasteiger partial charge in [0.25, 0.3) is 0 Å². The van der Waals surface area contributed by atoms with Gasteiger partial charge in [-0.2, -0.15) is 0 Å². The molecule has 0 atom stereocenters. The number of hydrogen-bond acceptors (Lipinski definition) is 5. The second-order valence-electron chi connectivity index (χ2n) is 5.29. The van der Waals surface area contributed by atoms with Crippen LogP contribution >= 0.6 is 11.3 Å². The number of nitrogens with zero attached hydrogens (tertiary/aromatic N) is 2. The van der Waals surface area contributed by atoms with Gasteiger partial charge in [-0.3, -0.25) is 0 Å². The van der Waals surface area contributed by atoms with Gasteiger partial charge >= 0.3 is 0 Å². The van der Waals surface area contributed by atoms with Gasteiger partial charge in [0.15, 0.2) is 0 Å². The number of fused-ring (bicyclic) bond motifs is 3. The van der Waals surface area contributed by atoms with E-state index in [1.165, 1.54) is 10.4 Å². The lowest BCUT2D eigenvalue weighted by Crippen LogP contribution is -1.86. The number of hydrogen-bond donors (Lipinski definition) is 1. The Labute approximate surface area is 137 Å². The molecule has 114 valence electrons. The van der Waals surface area contributed by atoms with Crippen molar-refractivity contribution in [1.82, 2.24) is 4.98 Å². The van der Waals surface area contributed by atoms with Crippen molar-refractivity contribution in [2.75, 3.05) is 7.11 Å². The highest BCUT2D eigenvalue weighted by molar-refractivity contribution is 7.15. The summed E-state index contributed by atoms with van der Waals surface area (Å²) in [5, 5.41) is 10.5. The predicted octanol–water partition coefficient (Wildman–Crippen LogP) is 4.18. The first kappa shape index (κ1) is 14.0. The van der Waals surface area contributed by atoms with Gasteiger partial charge in [-0.25, -0.2) is 9.98 Å². The maximum absolute atomic E-state index is 9.77. The van der Waals surface area contributed by atoms with Crippen LogP contribution in [0.1, 0.15) is 16.0 Å². The molecule has 4 rings (SSSR count). The Balaban J connectivity index is 1.64. The summed E-state index contributed by atoms with van der Waals surface area (Å²) >= 11 is 1.59. The molecule has 1 N–H and O–H groups in total. The van der Waals surface area contributed by atoms with E-state index >= 15 is 0 Å². The summed E-state index contributed by atoms with van der Waals surface area (Å²) in [5.41, 5.74) is 4.10. The molecule has 0 radical (unpaired) electrons. The van der Waals surface area contributed by atoms with Gasteiger partial charge in [-0.15, -0.1) is 0 Å². The van der Waals surface area contributed by atoms with E-state index in [-0.39, 0.29) is 5.75 Å². The summed E-state index contributed by atoms with van der Waals surface area (Å²) in [6.45, 7) is 0. The second kappa shape index (κ2) is 5.52. The predicted molar refractivity (Wildman–Crippen MR) is 92.3 cm³/mol. The quantitative estimate of drug-likeness (QED) is 0.576. The molecule has 1 heterocycles. The topological polar surface area (TPSA) is 54.7 Å². The van der Waals surface area contributed by atoms with Gasteiger partial charge < -0.3 is 9.84 Å². The van der Waals surface area contributed by atoms with Crippen molar-refractivity contribution in [3.63, 3.8) is 0 Å². The minimum Gasteiger partial charge on any atom is -0.507 e. The average molecular weight is 322 g/mol. The summed E-state index contributed by atoms with van der Waals surface area (Å²) < 4.78 is 5.27. The normalized spacial score (nSPS) is 12.4. The molecule has 0 amide bonds. The molecule has 0 saturated heterocycles. The van der Waals surface area contributed by atoms with E-state index in [0.29, 0.717) is 10.7 Å². The number of phenols is 1. The van der Waals surface area contributed by atoms with Crippen LogP contribution < -0.4 is 4.74 Å². The maximum atomic E-state index is 9.77. The summed E-state index contributed by atoms with van der Waals surface area (Å²) in [6.07, 6.45) is 2.52. The molecule has 0 saturated carbocycles. The van der Waals surface area contributed by atoms with E-state index in [1.54, 1.807) is 36.8 Å². The third kappa shape index (κ3) is 2.49. The number of phenolic OH excluding ortho intramolecular Hbond substituents is 1. The average Bonchev–Trinajstić information content (AvgIpc) is 3.10. The number of aromatic hydroxyl groups is 1. The standard InChI is InChI=1S/C18H14N2O2S/c1-22-13-6-7-14-12(8-13)9-16-17(14)20-18(23-16)19-10-11-4-2-3-5-15(11)21/h2-8,10,21H,9H2,1H3. The molecule has 0 fully saturated rings. The van der Waals surface area contributed by atoms with Crippen LogP contribution in [0.5, 0.6) is 11.5 Å². The van der Waals surface area contributed by atoms with E-state index in [4.69, 9.17) is 4.74 Å². The molecule has 5 heteroatoms. The van der Waals surface area contributed by atoms with Crippen LogP contribution in [0.2, 0.25) is 0 Å². The van der Waals surface area contributed by atoms with Crippen LogP contribution in [0.4, 0.5) is 5.13 Å². The van der Waals surface area contributed by atoms with Gasteiger partial charge in [0.1, 0.15) is 11.5 Å². The molecule has 3 aromatic rings. The molecule has 1 aliphatic rings. The molecule has 2 aromatic carbocycles. The Hall–Kier alpha value is -2.66. The number of aliphatic imine (C=N–C) groups is 1. The van der Waals surface area contributed by atoms with Crippen LogP contribution in [0.3, 0.4) is 0 Å². The number of aromatic nitrogens is 1. The number of benzene rings is 2. The lowest BCUT2D eigenvalue weighted by atomic mass is 10.1. The summed E-state index contributed by atoms with van der Waals surface area (Å²) in [6, 6.07) is 13.2. The monoisotopic (exact) mass is 322 g/mol. The van der Waals surface area contributed by atoms with Gasteiger partial charge in [0.05, 0.1) is 12.8 Å². The molecule has 0 aliphatic heterocycles. The van der Waals surface area contributed by atoms with Crippen LogP contribution in [0.25, 0.3) is 11.3 Å². The summed E-state index contributed by atoms with van der Waals surface area (Å²) in [4.78, 5) is 10.3. The first-order valence-electron chi connectivity index (χ1n) is 7.23. The molecular weight excluding hydrogens is 308 g/mol. The Kier molecular flexibility index (Phi) is 3.35. The van der Waals surface area contributed by atoms with Crippen molar-refractivity contribution in [1.29, 1.82) is 0 Å². The van der Waals surface area contributed by atoms with Crippen LogP contribution in [-0.2, 0) is 6.42 Å². The van der Waals surface area contributed by atoms with Gasteiger partial charge in [0.2, 0.25) is 5.13 Å². The first-order chi connectivity index (χ1) is 11.2. The minimum absolute atomic E-state index is 0.220. The van der Waals surface area contributed by atoms with Crippen molar-refractivity contribution in [2.24, 2.45) is 4.99 Å². The number of rotatable bonds is 3. The summed E-state index contributed by atoms with van der Waals surface area (Å²) in [7, 11) is 1.68. The Morgan fingerprint density at radius 1 is 1.26 bits per heavy atom.